The fourth-order valence-corrected chi connectivity index (χ4v) is 4.25. The van der Waals surface area contributed by atoms with E-state index in [-0.39, 0.29) is 6.04 Å². The third kappa shape index (κ3) is 3.61. The van der Waals surface area contributed by atoms with Crippen LogP contribution in [0.4, 0.5) is 10.5 Å². The lowest BCUT2D eigenvalue weighted by molar-refractivity contribution is 0.187. The summed E-state index contributed by atoms with van der Waals surface area (Å²) < 4.78 is 7.28. The smallest absolute Gasteiger partial charge is 0.404 e. The molecule has 2 aromatic heterocycles. The van der Waals surface area contributed by atoms with E-state index in [1.807, 2.05) is 34.9 Å². The van der Waals surface area contributed by atoms with Gasteiger partial charge in [-0.15, -0.1) is 0 Å². The number of hydrogen-bond acceptors (Lipinski definition) is 5. The molecule has 1 aliphatic rings. The average Bonchev–Trinajstić information content (AvgIpc) is 3.21. The van der Waals surface area contributed by atoms with Gasteiger partial charge in [0, 0.05) is 30.6 Å². The molecule has 0 bridgehead atoms. The van der Waals surface area contributed by atoms with Crippen LogP contribution in [0, 0.1) is 0 Å². The van der Waals surface area contributed by atoms with Crippen LogP contribution < -0.4 is 15.0 Å². The number of para-hydroxylation sites is 1. The Kier molecular flexibility index (Phi) is 4.82. The highest BCUT2D eigenvalue weighted by Crippen LogP contribution is 2.30. The highest BCUT2D eigenvalue weighted by molar-refractivity contribution is 5.92. The minimum Gasteiger partial charge on any atom is -0.497 e. The van der Waals surface area contributed by atoms with Crippen LogP contribution in [0.1, 0.15) is 12.8 Å². The minimum atomic E-state index is -0.958. The standard InChI is InChI=1S/C23H23N5O3/c1-31-17-6-7-19-18(13-17)24-14-28(19)21-8-5-15-3-2-4-20(22(15)26-21)27-11-9-16(10-12-27)25-23(29)30/h2-8,13-14,16,25H,9-12H2,1H3,(H,29,30). The largest absolute Gasteiger partial charge is 0.497 e. The zero-order valence-corrected chi connectivity index (χ0v) is 17.2. The molecular weight excluding hydrogens is 394 g/mol. The van der Waals surface area contributed by atoms with Crippen LogP contribution in [0.2, 0.25) is 0 Å². The van der Waals surface area contributed by atoms with E-state index in [9.17, 15) is 4.79 Å². The second-order valence-corrected chi connectivity index (χ2v) is 7.70. The van der Waals surface area contributed by atoms with Crippen molar-refractivity contribution in [1.82, 2.24) is 19.9 Å². The van der Waals surface area contributed by atoms with Crippen molar-refractivity contribution in [2.75, 3.05) is 25.1 Å². The normalized spacial score (nSPS) is 14.8. The Bertz CT molecular complexity index is 1260. The minimum absolute atomic E-state index is 0.00144. The Labute approximate surface area is 179 Å². The van der Waals surface area contributed by atoms with Gasteiger partial charge in [-0.25, -0.2) is 14.8 Å². The monoisotopic (exact) mass is 417 g/mol. The van der Waals surface area contributed by atoms with Crippen LogP contribution in [0.15, 0.2) is 54.9 Å². The van der Waals surface area contributed by atoms with E-state index in [0.29, 0.717) is 0 Å². The number of rotatable bonds is 4. The molecule has 3 heterocycles. The number of methoxy groups -OCH3 is 1. The van der Waals surface area contributed by atoms with Crippen LogP contribution in [0.3, 0.4) is 0 Å². The first-order valence-electron chi connectivity index (χ1n) is 10.3. The van der Waals surface area contributed by atoms with E-state index in [1.165, 1.54) is 0 Å². The summed E-state index contributed by atoms with van der Waals surface area (Å²) in [6, 6.07) is 16.1. The maximum absolute atomic E-state index is 10.9. The second-order valence-electron chi connectivity index (χ2n) is 7.70. The molecule has 158 valence electrons. The highest BCUT2D eigenvalue weighted by Gasteiger charge is 2.22. The van der Waals surface area contributed by atoms with Gasteiger partial charge in [0.1, 0.15) is 17.9 Å². The maximum Gasteiger partial charge on any atom is 0.404 e. The molecule has 1 saturated heterocycles. The number of anilines is 1. The zero-order valence-electron chi connectivity index (χ0n) is 17.2. The Hall–Kier alpha value is -3.81. The number of piperidine rings is 1. The van der Waals surface area contributed by atoms with Gasteiger partial charge >= 0.3 is 6.09 Å². The fourth-order valence-electron chi connectivity index (χ4n) is 4.25. The lowest BCUT2D eigenvalue weighted by atomic mass is 10.0. The van der Waals surface area contributed by atoms with Crippen LogP contribution in [0.25, 0.3) is 27.8 Å². The van der Waals surface area contributed by atoms with E-state index in [4.69, 9.17) is 14.8 Å². The van der Waals surface area contributed by atoms with Gasteiger partial charge in [0.25, 0.3) is 0 Å². The summed E-state index contributed by atoms with van der Waals surface area (Å²) in [5, 5.41) is 12.6. The van der Waals surface area contributed by atoms with Crippen molar-refractivity contribution in [2.45, 2.75) is 18.9 Å². The molecule has 4 aromatic rings. The predicted octanol–water partition coefficient (Wildman–Crippen LogP) is 3.82. The Morgan fingerprint density at radius 2 is 2.00 bits per heavy atom. The molecule has 0 radical (unpaired) electrons. The summed E-state index contributed by atoms with van der Waals surface area (Å²) in [4.78, 5) is 22.7. The van der Waals surface area contributed by atoms with Gasteiger partial charge in [0.2, 0.25) is 0 Å². The van der Waals surface area contributed by atoms with Gasteiger partial charge in [-0.3, -0.25) is 4.57 Å². The van der Waals surface area contributed by atoms with Crippen LogP contribution in [0.5, 0.6) is 5.75 Å². The fraction of sp³-hybridized carbons (Fsp3) is 0.261. The molecule has 1 aliphatic heterocycles. The van der Waals surface area contributed by atoms with E-state index in [2.05, 4.69) is 33.4 Å². The molecule has 8 nitrogen and oxygen atoms in total. The number of hydrogen-bond donors (Lipinski definition) is 2. The topological polar surface area (TPSA) is 92.5 Å². The van der Waals surface area contributed by atoms with Gasteiger partial charge in [-0.05, 0) is 43.2 Å². The second kappa shape index (κ2) is 7.79. The van der Waals surface area contributed by atoms with Gasteiger partial charge in [-0.1, -0.05) is 12.1 Å². The first kappa shape index (κ1) is 19.2. The van der Waals surface area contributed by atoms with E-state index >= 15 is 0 Å². The average molecular weight is 417 g/mol. The van der Waals surface area contributed by atoms with E-state index in [1.54, 1.807) is 13.4 Å². The number of carbonyl (C=O) groups is 1. The van der Waals surface area contributed by atoms with Crippen molar-refractivity contribution in [3.63, 3.8) is 0 Å². The molecule has 2 N–H and O–H groups in total. The Balaban J connectivity index is 1.50. The molecule has 2 aromatic carbocycles. The van der Waals surface area contributed by atoms with Crippen molar-refractivity contribution in [3.05, 3.63) is 54.9 Å². The molecule has 1 amide bonds. The lowest BCUT2D eigenvalue weighted by Gasteiger charge is -2.33. The Morgan fingerprint density at radius 1 is 1.16 bits per heavy atom. The number of amides is 1. The summed E-state index contributed by atoms with van der Waals surface area (Å²) in [6.07, 6.45) is 2.37. The summed E-state index contributed by atoms with van der Waals surface area (Å²) in [5.74, 6) is 1.57. The van der Waals surface area contributed by atoms with Crippen molar-refractivity contribution in [2.24, 2.45) is 0 Å². The predicted molar refractivity (Wildman–Crippen MR) is 119 cm³/mol. The number of benzene rings is 2. The molecule has 0 spiro atoms. The Morgan fingerprint density at radius 3 is 2.77 bits per heavy atom. The van der Waals surface area contributed by atoms with Crippen LogP contribution in [-0.4, -0.2) is 52.0 Å². The number of pyridine rings is 1. The van der Waals surface area contributed by atoms with E-state index in [0.717, 1.165) is 65.1 Å². The van der Waals surface area contributed by atoms with Crippen molar-refractivity contribution < 1.29 is 14.6 Å². The maximum atomic E-state index is 10.9. The first-order valence-corrected chi connectivity index (χ1v) is 10.3. The number of ether oxygens (including phenoxy) is 1. The first-order chi connectivity index (χ1) is 15.1. The third-order valence-electron chi connectivity index (χ3n) is 5.85. The molecule has 0 aliphatic carbocycles. The molecule has 0 saturated carbocycles. The van der Waals surface area contributed by atoms with Crippen molar-refractivity contribution in [3.8, 4) is 11.6 Å². The SMILES string of the molecule is COc1ccc2c(c1)ncn2-c1ccc2cccc(N3CCC(NC(=O)O)CC3)c2n1. The molecule has 5 rings (SSSR count). The highest BCUT2D eigenvalue weighted by atomic mass is 16.5. The number of aromatic nitrogens is 3. The number of carboxylic acid groups (broad SMARTS) is 1. The number of fused-ring (bicyclic) bond motifs is 2. The van der Waals surface area contributed by atoms with Gasteiger partial charge < -0.3 is 20.1 Å². The molecule has 1 fully saturated rings. The molecule has 0 unspecified atom stereocenters. The molecule has 0 atom stereocenters. The molecule has 31 heavy (non-hydrogen) atoms. The van der Waals surface area contributed by atoms with Crippen molar-refractivity contribution in [1.29, 1.82) is 0 Å². The van der Waals surface area contributed by atoms with Crippen LogP contribution in [-0.2, 0) is 0 Å². The third-order valence-corrected chi connectivity index (χ3v) is 5.85. The van der Waals surface area contributed by atoms with E-state index < -0.39 is 6.09 Å². The quantitative estimate of drug-likeness (QED) is 0.524. The van der Waals surface area contributed by atoms with Crippen LogP contribution >= 0.6 is 0 Å². The van der Waals surface area contributed by atoms with Gasteiger partial charge in [-0.2, -0.15) is 0 Å². The lowest BCUT2D eigenvalue weighted by Crippen LogP contribution is -2.44. The summed E-state index contributed by atoms with van der Waals surface area (Å²) in [7, 11) is 1.64. The zero-order chi connectivity index (χ0) is 21.4. The molecule has 8 heteroatoms. The number of imidazole rings is 1. The number of nitrogens with zero attached hydrogens (tertiary/aromatic N) is 4. The molecular formula is C23H23N5O3. The summed E-state index contributed by atoms with van der Waals surface area (Å²) in [5.41, 5.74) is 3.81. The van der Waals surface area contributed by atoms with Gasteiger partial charge in [0.15, 0.2) is 0 Å². The summed E-state index contributed by atoms with van der Waals surface area (Å²) in [6.45, 7) is 1.56. The number of nitrogens with one attached hydrogen (secondary N) is 1. The van der Waals surface area contributed by atoms with Gasteiger partial charge in [0.05, 0.1) is 29.3 Å². The van der Waals surface area contributed by atoms with Crippen molar-refractivity contribution >= 4 is 33.7 Å². The summed E-state index contributed by atoms with van der Waals surface area (Å²) >= 11 is 0.